The first-order valence-electron chi connectivity index (χ1n) is 11.2. The number of thiophene rings is 1. The SMILES string of the molecule is Cc1ccc(-c2csc3ncn(CCC(=O)NCCCc4nc5ccccc5s4)c(=O)c23)cc1. The van der Waals surface area contributed by atoms with Gasteiger partial charge in [-0.1, -0.05) is 42.0 Å². The fraction of sp³-hybridized carbons (Fsp3) is 0.231. The molecule has 0 aliphatic rings. The minimum atomic E-state index is -0.106. The van der Waals surface area contributed by atoms with Crippen molar-refractivity contribution in [3.05, 3.63) is 81.2 Å². The van der Waals surface area contributed by atoms with Crippen LogP contribution in [0.4, 0.5) is 0 Å². The van der Waals surface area contributed by atoms with Crippen LogP contribution in [0.25, 0.3) is 31.6 Å². The zero-order valence-corrected chi connectivity index (χ0v) is 20.4. The third kappa shape index (κ3) is 4.78. The van der Waals surface area contributed by atoms with Gasteiger partial charge in [-0.3, -0.25) is 14.2 Å². The summed E-state index contributed by atoms with van der Waals surface area (Å²) in [5.41, 5.74) is 3.99. The molecule has 0 bridgehead atoms. The quantitative estimate of drug-likeness (QED) is 0.305. The van der Waals surface area contributed by atoms with Crippen molar-refractivity contribution in [2.45, 2.75) is 32.7 Å². The molecule has 3 aromatic heterocycles. The van der Waals surface area contributed by atoms with E-state index >= 15 is 0 Å². The number of hydrogen-bond donors (Lipinski definition) is 1. The number of nitrogens with one attached hydrogen (secondary N) is 1. The summed E-state index contributed by atoms with van der Waals surface area (Å²) >= 11 is 3.16. The Balaban J connectivity index is 1.18. The Labute approximate surface area is 204 Å². The fourth-order valence-corrected chi connectivity index (χ4v) is 5.79. The average Bonchev–Trinajstić information content (AvgIpc) is 3.46. The summed E-state index contributed by atoms with van der Waals surface area (Å²) in [6.07, 6.45) is 3.44. The van der Waals surface area contributed by atoms with Gasteiger partial charge in [0.2, 0.25) is 5.91 Å². The number of aryl methyl sites for hydroxylation is 3. The van der Waals surface area contributed by atoms with Crippen molar-refractivity contribution in [1.82, 2.24) is 19.9 Å². The van der Waals surface area contributed by atoms with Crippen molar-refractivity contribution in [3.8, 4) is 11.1 Å². The number of thiazole rings is 1. The second kappa shape index (κ2) is 9.87. The first-order chi connectivity index (χ1) is 16.6. The summed E-state index contributed by atoms with van der Waals surface area (Å²) in [7, 11) is 0. The lowest BCUT2D eigenvalue weighted by Crippen LogP contribution is -2.28. The summed E-state index contributed by atoms with van der Waals surface area (Å²) in [6, 6.07) is 16.2. The normalized spacial score (nSPS) is 11.3. The van der Waals surface area contributed by atoms with Crippen LogP contribution in [-0.2, 0) is 17.8 Å². The van der Waals surface area contributed by atoms with Crippen LogP contribution in [-0.4, -0.2) is 27.0 Å². The predicted octanol–water partition coefficient (Wildman–Crippen LogP) is 5.18. The number of rotatable bonds is 8. The van der Waals surface area contributed by atoms with E-state index in [-0.39, 0.29) is 17.9 Å². The lowest BCUT2D eigenvalue weighted by Gasteiger charge is -2.07. The van der Waals surface area contributed by atoms with Crippen LogP contribution in [0.1, 0.15) is 23.4 Å². The van der Waals surface area contributed by atoms with Crippen molar-refractivity contribution in [2.24, 2.45) is 0 Å². The van der Waals surface area contributed by atoms with E-state index < -0.39 is 0 Å². The molecule has 1 N–H and O–H groups in total. The molecule has 0 spiro atoms. The summed E-state index contributed by atoms with van der Waals surface area (Å²) in [5, 5.41) is 6.64. The minimum Gasteiger partial charge on any atom is -0.356 e. The van der Waals surface area contributed by atoms with Crippen molar-refractivity contribution >= 4 is 49.0 Å². The van der Waals surface area contributed by atoms with E-state index in [2.05, 4.69) is 21.4 Å². The molecule has 0 atom stereocenters. The van der Waals surface area contributed by atoms with Gasteiger partial charge < -0.3 is 5.32 Å². The van der Waals surface area contributed by atoms with Crippen LogP contribution in [0.3, 0.4) is 0 Å². The molecule has 6 nitrogen and oxygen atoms in total. The molecule has 0 aliphatic carbocycles. The number of para-hydroxylation sites is 1. The fourth-order valence-electron chi connectivity index (χ4n) is 3.88. The van der Waals surface area contributed by atoms with Gasteiger partial charge >= 0.3 is 0 Å². The molecule has 8 heteroatoms. The highest BCUT2D eigenvalue weighted by Gasteiger charge is 2.14. The van der Waals surface area contributed by atoms with Crippen LogP contribution >= 0.6 is 22.7 Å². The van der Waals surface area contributed by atoms with Crippen LogP contribution in [0, 0.1) is 6.92 Å². The maximum atomic E-state index is 13.1. The van der Waals surface area contributed by atoms with Gasteiger partial charge in [-0.15, -0.1) is 22.7 Å². The molecule has 2 aromatic carbocycles. The smallest absolute Gasteiger partial charge is 0.262 e. The summed E-state index contributed by atoms with van der Waals surface area (Å²) in [6.45, 7) is 2.92. The molecule has 172 valence electrons. The Kier molecular flexibility index (Phi) is 6.51. The van der Waals surface area contributed by atoms with Crippen LogP contribution in [0.2, 0.25) is 0 Å². The van der Waals surface area contributed by atoms with Gasteiger partial charge in [0, 0.05) is 36.9 Å². The first-order valence-corrected chi connectivity index (χ1v) is 12.9. The van der Waals surface area contributed by atoms with Crippen LogP contribution < -0.4 is 10.9 Å². The number of hydrogen-bond acceptors (Lipinski definition) is 6. The molecular weight excluding hydrogens is 464 g/mol. The van der Waals surface area contributed by atoms with E-state index in [0.29, 0.717) is 18.5 Å². The molecule has 0 fully saturated rings. The van der Waals surface area contributed by atoms with Crippen molar-refractivity contribution in [1.29, 1.82) is 0 Å². The zero-order chi connectivity index (χ0) is 23.5. The van der Waals surface area contributed by atoms with Gasteiger partial charge in [0.1, 0.15) is 4.83 Å². The summed E-state index contributed by atoms with van der Waals surface area (Å²) < 4.78 is 2.72. The highest BCUT2D eigenvalue weighted by Crippen LogP contribution is 2.30. The largest absolute Gasteiger partial charge is 0.356 e. The summed E-state index contributed by atoms with van der Waals surface area (Å²) in [4.78, 5) is 35.3. The van der Waals surface area contributed by atoms with Crippen LogP contribution in [0.15, 0.2) is 65.0 Å². The molecule has 0 unspecified atom stereocenters. The number of nitrogens with zero attached hydrogens (tertiary/aromatic N) is 3. The van der Waals surface area contributed by atoms with E-state index in [4.69, 9.17) is 0 Å². The molecule has 3 heterocycles. The Morgan fingerprint density at radius 3 is 2.76 bits per heavy atom. The molecule has 5 aromatic rings. The Bertz CT molecular complexity index is 1480. The standard InChI is InChI=1S/C26H24N4O2S2/c1-17-8-10-18(11-9-17)19-15-33-25-24(19)26(32)30(16-28-25)14-12-22(31)27-13-4-7-23-29-20-5-2-3-6-21(20)34-23/h2-3,5-6,8-11,15-16H,4,7,12-14H2,1H3,(H,27,31). The topological polar surface area (TPSA) is 76.9 Å². The van der Waals surface area contributed by atoms with Crippen molar-refractivity contribution in [3.63, 3.8) is 0 Å². The van der Waals surface area contributed by atoms with Crippen molar-refractivity contribution in [2.75, 3.05) is 6.54 Å². The lowest BCUT2D eigenvalue weighted by molar-refractivity contribution is -0.121. The molecule has 0 saturated carbocycles. The lowest BCUT2D eigenvalue weighted by atomic mass is 10.1. The van der Waals surface area contributed by atoms with Gasteiger partial charge in [0.05, 0.1) is 26.9 Å². The highest BCUT2D eigenvalue weighted by atomic mass is 32.1. The predicted molar refractivity (Wildman–Crippen MR) is 140 cm³/mol. The first kappa shape index (κ1) is 22.4. The Morgan fingerprint density at radius 1 is 1.12 bits per heavy atom. The zero-order valence-electron chi connectivity index (χ0n) is 18.8. The maximum Gasteiger partial charge on any atom is 0.262 e. The van der Waals surface area contributed by atoms with Crippen LogP contribution in [0.5, 0.6) is 0 Å². The molecule has 0 saturated heterocycles. The monoisotopic (exact) mass is 488 g/mol. The number of carbonyl (C=O) groups excluding carboxylic acids is 1. The number of carbonyl (C=O) groups is 1. The number of amides is 1. The van der Waals surface area contributed by atoms with E-state index in [1.54, 1.807) is 17.7 Å². The second-order valence-corrected chi connectivity index (χ2v) is 10.2. The molecule has 5 rings (SSSR count). The van der Waals surface area contributed by atoms with Gasteiger partial charge in [-0.05, 0) is 31.0 Å². The van der Waals surface area contributed by atoms with Gasteiger partial charge in [0.15, 0.2) is 0 Å². The van der Waals surface area contributed by atoms with Gasteiger partial charge in [-0.2, -0.15) is 0 Å². The Hall–Kier alpha value is -3.36. The molecule has 1 amide bonds. The number of benzene rings is 2. The molecule has 34 heavy (non-hydrogen) atoms. The summed E-state index contributed by atoms with van der Waals surface area (Å²) in [5.74, 6) is -0.0691. The average molecular weight is 489 g/mol. The second-order valence-electron chi connectivity index (χ2n) is 8.22. The molecule has 0 radical (unpaired) electrons. The van der Waals surface area contributed by atoms with Gasteiger partial charge in [0.25, 0.3) is 5.56 Å². The van der Waals surface area contributed by atoms with E-state index in [1.165, 1.54) is 26.2 Å². The maximum absolute atomic E-state index is 13.1. The Morgan fingerprint density at radius 2 is 1.94 bits per heavy atom. The van der Waals surface area contributed by atoms with Gasteiger partial charge in [-0.25, -0.2) is 9.97 Å². The highest BCUT2D eigenvalue weighted by molar-refractivity contribution is 7.18. The van der Waals surface area contributed by atoms with E-state index in [0.717, 1.165) is 39.3 Å². The van der Waals surface area contributed by atoms with E-state index in [9.17, 15) is 9.59 Å². The molecular formula is C26H24N4O2S2. The van der Waals surface area contributed by atoms with E-state index in [1.807, 2.05) is 54.8 Å². The third-order valence-electron chi connectivity index (χ3n) is 5.73. The van der Waals surface area contributed by atoms with Crippen molar-refractivity contribution < 1.29 is 4.79 Å². The number of aromatic nitrogens is 3. The minimum absolute atomic E-state index is 0.0691. The number of fused-ring (bicyclic) bond motifs is 2. The molecule has 0 aliphatic heterocycles. The third-order valence-corrected chi connectivity index (χ3v) is 7.71.